The molecule has 1 aromatic carbocycles. The number of piperazine rings is 1. The molecule has 156 valence electrons. The zero-order valence-electron chi connectivity index (χ0n) is 17.6. The number of benzene rings is 1. The molecule has 2 aliphatic heterocycles. The van der Waals surface area contributed by atoms with E-state index in [0.29, 0.717) is 12.6 Å². The van der Waals surface area contributed by atoms with Crippen LogP contribution in [-0.4, -0.2) is 53.0 Å². The highest BCUT2D eigenvalue weighted by Crippen LogP contribution is 2.34. The van der Waals surface area contributed by atoms with E-state index in [2.05, 4.69) is 38.6 Å². The minimum atomic E-state index is -0.144. The van der Waals surface area contributed by atoms with Crippen molar-refractivity contribution < 1.29 is 4.79 Å². The topological polar surface area (TPSA) is 78.3 Å². The molecule has 0 unspecified atom stereocenters. The van der Waals surface area contributed by atoms with Crippen molar-refractivity contribution in [2.45, 2.75) is 26.3 Å². The lowest BCUT2D eigenvalue weighted by Crippen LogP contribution is -2.49. The summed E-state index contributed by atoms with van der Waals surface area (Å²) in [7, 11) is 1.90. The number of hydrogen-bond donors (Lipinski definition) is 2. The van der Waals surface area contributed by atoms with Crippen LogP contribution < -0.4 is 20.4 Å². The summed E-state index contributed by atoms with van der Waals surface area (Å²) in [6.45, 7) is 7.76. The Morgan fingerprint density at radius 3 is 3.00 bits per heavy atom. The van der Waals surface area contributed by atoms with Gasteiger partial charge in [0.25, 0.3) is 0 Å². The van der Waals surface area contributed by atoms with Gasteiger partial charge in [-0.15, -0.1) is 0 Å². The third kappa shape index (κ3) is 3.27. The van der Waals surface area contributed by atoms with Crippen molar-refractivity contribution in [3.8, 4) is 0 Å². The molecule has 1 fully saturated rings. The Kier molecular flexibility index (Phi) is 4.58. The maximum absolute atomic E-state index is 13.1. The lowest BCUT2D eigenvalue weighted by Gasteiger charge is -2.34. The lowest BCUT2D eigenvalue weighted by atomic mass is 10.1. The fraction of sp³-hybridized carbons (Fsp3) is 0.409. The van der Waals surface area contributed by atoms with Crippen LogP contribution in [0.2, 0.25) is 0 Å². The molecule has 30 heavy (non-hydrogen) atoms. The van der Waals surface area contributed by atoms with Crippen molar-refractivity contribution in [2.24, 2.45) is 7.05 Å². The number of urea groups is 1. The molecule has 0 radical (unpaired) electrons. The van der Waals surface area contributed by atoms with Gasteiger partial charge in [0.2, 0.25) is 0 Å². The smallest absolute Gasteiger partial charge is 0.327 e. The molecular weight excluding hydrogens is 378 g/mol. The normalized spacial score (nSPS) is 18.7. The second-order valence-electron chi connectivity index (χ2n) is 8.30. The lowest BCUT2D eigenvalue weighted by molar-refractivity contribution is 0.257. The van der Waals surface area contributed by atoms with Gasteiger partial charge in [0.05, 0.1) is 5.52 Å². The molecule has 0 spiro atoms. The van der Waals surface area contributed by atoms with E-state index in [1.54, 1.807) is 9.58 Å². The highest BCUT2D eigenvalue weighted by atomic mass is 16.2. The van der Waals surface area contributed by atoms with Crippen molar-refractivity contribution in [2.75, 3.05) is 41.3 Å². The van der Waals surface area contributed by atoms with E-state index in [1.807, 2.05) is 38.5 Å². The largest absolute Gasteiger partial charge is 0.368 e. The first-order chi connectivity index (χ1) is 14.5. The molecule has 3 aromatic rings. The number of carbonyl (C=O) groups is 1. The van der Waals surface area contributed by atoms with Crippen molar-refractivity contribution >= 4 is 34.1 Å². The van der Waals surface area contributed by atoms with E-state index in [9.17, 15) is 4.79 Å². The molecule has 0 aliphatic carbocycles. The number of amides is 2. The predicted molar refractivity (Wildman–Crippen MR) is 119 cm³/mol. The van der Waals surface area contributed by atoms with Crippen LogP contribution in [0.3, 0.4) is 0 Å². The van der Waals surface area contributed by atoms with E-state index in [0.717, 1.165) is 54.0 Å². The zero-order chi connectivity index (χ0) is 20.8. The zero-order valence-corrected chi connectivity index (χ0v) is 17.6. The Bertz CT molecular complexity index is 1120. The summed E-state index contributed by atoms with van der Waals surface area (Å²) in [5.74, 6) is 0.773. The van der Waals surface area contributed by atoms with Crippen LogP contribution in [0.15, 0.2) is 30.6 Å². The van der Waals surface area contributed by atoms with Gasteiger partial charge < -0.3 is 15.5 Å². The summed E-state index contributed by atoms with van der Waals surface area (Å²) in [4.78, 5) is 21.8. The molecule has 8 heteroatoms. The van der Waals surface area contributed by atoms with Gasteiger partial charge in [-0.2, -0.15) is 5.10 Å². The van der Waals surface area contributed by atoms with Crippen LogP contribution in [0.25, 0.3) is 10.9 Å². The summed E-state index contributed by atoms with van der Waals surface area (Å²) >= 11 is 0. The highest BCUT2D eigenvalue weighted by Gasteiger charge is 2.30. The number of rotatable bonds is 2. The molecule has 2 amide bonds. The van der Waals surface area contributed by atoms with Crippen LogP contribution in [0.4, 0.5) is 22.0 Å². The Morgan fingerprint density at radius 1 is 1.30 bits per heavy atom. The Labute approximate surface area is 175 Å². The number of anilines is 3. The summed E-state index contributed by atoms with van der Waals surface area (Å²) in [5, 5.41) is 12.0. The monoisotopic (exact) mass is 405 g/mol. The fourth-order valence-electron chi connectivity index (χ4n) is 4.61. The van der Waals surface area contributed by atoms with E-state index >= 15 is 0 Å². The number of aromatic nitrogens is 3. The summed E-state index contributed by atoms with van der Waals surface area (Å²) in [6, 6.07) is 6.33. The van der Waals surface area contributed by atoms with E-state index in [4.69, 9.17) is 0 Å². The highest BCUT2D eigenvalue weighted by molar-refractivity contribution is 6.04. The molecule has 1 saturated heterocycles. The summed E-state index contributed by atoms with van der Waals surface area (Å²) in [6.07, 6.45) is 4.61. The third-order valence-corrected chi connectivity index (χ3v) is 5.97. The van der Waals surface area contributed by atoms with Gasteiger partial charge in [-0.25, -0.2) is 9.78 Å². The number of aryl methyl sites for hydroxylation is 2. The van der Waals surface area contributed by atoms with Crippen LogP contribution in [-0.2, 0) is 13.5 Å². The van der Waals surface area contributed by atoms with E-state index < -0.39 is 0 Å². The number of nitrogens with zero attached hydrogens (tertiary/aromatic N) is 5. The first-order valence-electron chi connectivity index (χ1n) is 10.5. The van der Waals surface area contributed by atoms with Crippen LogP contribution in [0.5, 0.6) is 0 Å². The second kappa shape index (κ2) is 7.28. The van der Waals surface area contributed by atoms with Crippen molar-refractivity contribution in [3.63, 3.8) is 0 Å². The van der Waals surface area contributed by atoms with Gasteiger partial charge in [0.15, 0.2) is 0 Å². The standard InChI is InChI=1S/C22H27N7O/c1-14-10-17(11-16-13-27(3)26-20(14)16)25-22(30)29-8-5-18-19(4-6-24-21(18)29)28-9-7-23-15(2)12-28/h4,6,10-11,13,15,23H,5,7-9,12H2,1-3H3,(H,25,30)/t15-/m0/s1. The van der Waals surface area contributed by atoms with Gasteiger partial charge in [-0.1, -0.05) is 0 Å². The SMILES string of the molecule is Cc1cc(NC(=O)N2CCc3c(N4CCN[C@@H](C)C4)ccnc32)cc2cn(C)nc12. The van der Waals surface area contributed by atoms with Crippen LogP contribution >= 0.6 is 0 Å². The second-order valence-corrected chi connectivity index (χ2v) is 8.30. The average Bonchev–Trinajstić information content (AvgIpc) is 3.31. The molecule has 2 N–H and O–H groups in total. The van der Waals surface area contributed by atoms with Gasteiger partial charge in [0.1, 0.15) is 5.82 Å². The van der Waals surface area contributed by atoms with Crippen molar-refractivity contribution in [3.05, 3.63) is 41.7 Å². The quantitative estimate of drug-likeness (QED) is 0.685. The Hall–Kier alpha value is -3.13. The molecule has 0 saturated carbocycles. The minimum absolute atomic E-state index is 0.144. The number of fused-ring (bicyclic) bond motifs is 2. The van der Waals surface area contributed by atoms with Gasteiger partial charge >= 0.3 is 6.03 Å². The molecule has 0 bridgehead atoms. The Morgan fingerprint density at radius 2 is 2.17 bits per heavy atom. The third-order valence-electron chi connectivity index (χ3n) is 5.97. The maximum Gasteiger partial charge on any atom is 0.327 e. The van der Waals surface area contributed by atoms with Gasteiger partial charge in [-0.05, 0) is 44.0 Å². The first kappa shape index (κ1) is 18.9. The molecule has 2 aliphatic rings. The van der Waals surface area contributed by atoms with Crippen LogP contribution in [0, 0.1) is 6.92 Å². The maximum atomic E-state index is 13.1. The summed E-state index contributed by atoms with van der Waals surface area (Å²) in [5.41, 5.74) is 5.15. The molecule has 4 heterocycles. The fourth-order valence-corrected chi connectivity index (χ4v) is 4.61. The summed E-state index contributed by atoms with van der Waals surface area (Å²) < 4.78 is 1.79. The van der Waals surface area contributed by atoms with E-state index in [-0.39, 0.29) is 6.03 Å². The molecule has 8 nitrogen and oxygen atoms in total. The van der Waals surface area contributed by atoms with E-state index in [1.165, 1.54) is 11.3 Å². The minimum Gasteiger partial charge on any atom is -0.368 e. The predicted octanol–water partition coefficient (Wildman–Crippen LogP) is 2.67. The Balaban J connectivity index is 1.39. The van der Waals surface area contributed by atoms with Gasteiger partial charge in [0, 0.05) is 74.0 Å². The molecule has 5 rings (SSSR count). The van der Waals surface area contributed by atoms with Crippen molar-refractivity contribution in [1.29, 1.82) is 0 Å². The number of nitrogens with one attached hydrogen (secondary N) is 2. The number of carbonyl (C=O) groups excluding carboxylic acids is 1. The van der Waals surface area contributed by atoms with Crippen LogP contribution in [0.1, 0.15) is 18.1 Å². The molecular formula is C22H27N7O. The molecule has 2 aromatic heterocycles. The average molecular weight is 406 g/mol. The number of pyridine rings is 1. The van der Waals surface area contributed by atoms with Gasteiger partial charge in [-0.3, -0.25) is 9.58 Å². The molecule has 1 atom stereocenters. The van der Waals surface area contributed by atoms with Crippen molar-refractivity contribution in [1.82, 2.24) is 20.1 Å². The first-order valence-corrected chi connectivity index (χ1v) is 10.5. The number of hydrogen-bond acceptors (Lipinski definition) is 5.